The standard InChI is InChI=1S/C18H35NO4S/c1-16(2,3)11-14-24(22,23)13-8-10-18(17(4,5)6)9-7-12-19(18)15(20)21/h7-14H2,1-6H3,(H,20,21)/t18-/m0/s1. The maximum absolute atomic E-state index is 12.3. The van der Waals surface area contributed by atoms with Crippen LogP contribution in [-0.2, 0) is 9.84 Å². The highest BCUT2D eigenvalue weighted by atomic mass is 32.2. The van der Waals surface area contributed by atoms with Gasteiger partial charge in [0.2, 0.25) is 0 Å². The maximum atomic E-state index is 12.3. The summed E-state index contributed by atoms with van der Waals surface area (Å²) in [6.45, 7) is 12.8. The van der Waals surface area contributed by atoms with Crippen molar-refractivity contribution in [3.63, 3.8) is 0 Å². The molecule has 5 nitrogen and oxygen atoms in total. The van der Waals surface area contributed by atoms with E-state index >= 15 is 0 Å². The molecule has 1 atom stereocenters. The zero-order valence-electron chi connectivity index (χ0n) is 16.2. The number of nitrogens with zero attached hydrogens (tertiary/aromatic N) is 1. The van der Waals surface area contributed by atoms with Crippen molar-refractivity contribution in [1.29, 1.82) is 0 Å². The third kappa shape index (κ3) is 5.36. The van der Waals surface area contributed by atoms with E-state index < -0.39 is 21.5 Å². The molecule has 1 heterocycles. The minimum Gasteiger partial charge on any atom is -0.465 e. The fourth-order valence-electron chi connectivity index (χ4n) is 3.72. The SMILES string of the molecule is CC(C)(C)CCS(=O)(=O)CCC[C@]1(C(C)(C)C)CCCN1C(=O)O. The quantitative estimate of drug-likeness (QED) is 0.770. The number of likely N-dealkylation sites (tertiary alicyclic amines) is 1. The van der Waals surface area contributed by atoms with Crippen LogP contribution >= 0.6 is 0 Å². The summed E-state index contributed by atoms with van der Waals surface area (Å²) >= 11 is 0. The minimum atomic E-state index is -3.08. The fourth-order valence-corrected chi connectivity index (χ4v) is 5.43. The van der Waals surface area contributed by atoms with Crippen LogP contribution < -0.4 is 0 Å². The smallest absolute Gasteiger partial charge is 0.407 e. The van der Waals surface area contributed by atoms with Gasteiger partial charge in [0.25, 0.3) is 0 Å². The van der Waals surface area contributed by atoms with Gasteiger partial charge < -0.3 is 10.0 Å². The van der Waals surface area contributed by atoms with Gasteiger partial charge in [-0.3, -0.25) is 0 Å². The van der Waals surface area contributed by atoms with Crippen molar-refractivity contribution in [2.24, 2.45) is 10.8 Å². The van der Waals surface area contributed by atoms with E-state index in [-0.39, 0.29) is 22.3 Å². The van der Waals surface area contributed by atoms with E-state index in [0.717, 1.165) is 12.8 Å². The van der Waals surface area contributed by atoms with Gasteiger partial charge in [-0.05, 0) is 42.9 Å². The molecule has 0 unspecified atom stereocenters. The molecule has 0 aromatic carbocycles. The highest BCUT2D eigenvalue weighted by molar-refractivity contribution is 7.91. The van der Waals surface area contributed by atoms with Gasteiger partial charge >= 0.3 is 6.09 Å². The van der Waals surface area contributed by atoms with E-state index in [1.165, 1.54) is 0 Å². The van der Waals surface area contributed by atoms with Crippen molar-refractivity contribution in [2.75, 3.05) is 18.1 Å². The normalized spacial score (nSPS) is 22.8. The Morgan fingerprint density at radius 1 is 1.12 bits per heavy atom. The first-order valence-electron chi connectivity index (χ1n) is 8.91. The molecule has 1 saturated heterocycles. The topological polar surface area (TPSA) is 74.7 Å². The molecule has 24 heavy (non-hydrogen) atoms. The fraction of sp³-hybridized carbons (Fsp3) is 0.944. The second kappa shape index (κ2) is 7.22. The lowest BCUT2D eigenvalue weighted by Crippen LogP contribution is -2.55. The number of amides is 1. The maximum Gasteiger partial charge on any atom is 0.407 e. The Morgan fingerprint density at radius 3 is 2.17 bits per heavy atom. The molecule has 1 aliphatic rings. The summed E-state index contributed by atoms with van der Waals surface area (Å²) in [5.74, 6) is 0.357. The summed E-state index contributed by atoms with van der Waals surface area (Å²) in [7, 11) is -3.08. The molecule has 6 heteroatoms. The van der Waals surface area contributed by atoms with E-state index in [1.807, 2.05) is 20.8 Å². The number of hydrogen-bond acceptors (Lipinski definition) is 3. The largest absolute Gasteiger partial charge is 0.465 e. The summed E-state index contributed by atoms with van der Waals surface area (Å²) in [5, 5.41) is 9.55. The Hall–Kier alpha value is -0.780. The minimum absolute atomic E-state index is 0.00522. The van der Waals surface area contributed by atoms with E-state index in [1.54, 1.807) is 4.90 Å². The Bertz CT molecular complexity index is 542. The summed E-state index contributed by atoms with van der Waals surface area (Å²) < 4.78 is 24.6. The Labute approximate surface area is 147 Å². The van der Waals surface area contributed by atoms with Crippen LogP contribution in [0.3, 0.4) is 0 Å². The van der Waals surface area contributed by atoms with E-state index in [2.05, 4.69) is 20.8 Å². The molecule has 0 saturated carbocycles. The average molecular weight is 362 g/mol. The van der Waals surface area contributed by atoms with Crippen molar-refractivity contribution in [3.05, 3.63) is 0 Å². The molecule has 1 rings (SSSR count). The molecule has 0 bridgehead atoms. The molecule has 1 amide bonds. The van der Waals surface area contributed by atoms with Gasteiger partial charge in [-0.25, -0.2) is 13.2 Å². The van der Waals surface area contributed by atoms with Gasteiger partial charge in [0.05, 0.1) is 17.0 Å². The lowest BCUT2D eigenvalue weighted by atomic mass is 9.69. The summed E-state index contributed by atoms with van der Waals surface area (Å²) in [6, 6.07) is 0. The predicted octanol–water partition coefficient (Wildman–Crippen LogP) is 4.18. The van der Waals surface area contributed by atoms with Crippen molar-refractivity contribution >= 4 is 15.9 Å². The third-order valence-corrected chi connectivity index (χ3v) is 7.06. The van der Waals surface area contributed by atoms with Crippen LogP contribution in [0.15, 0.2) is 0 Å². The Morgan fingerprint density at radius 2 is 1.71 bits per heavy atom. The van der Waals surface area contributed by atoms with E-state index in [4.69, 9.17) is 0 Å². The summed E-state index contributed by atoms with van der Waals surface area (Å²) in [5.41, 5.74) is -0.666. The van der Waals surface area contributed by atoms with Gasteiger partial charge in [-0.2, -0.15) is 0 Å². The number of carbonyl (C=O) groups is 1. The third-order valence-electron chi connectivity index (χ3n) is 5.32. The molecule has 0 aromatic heterocycles. The first kappa shape index (κ1) is 21.3. The summed E-state index contributed by atoms with van der Waals surface area (Å²) in [4.78, 5) is 13.2. The predicted molar refractivity (Wildman–Crippen MR) is 98.1 cm³/mol. The average Bonchev–Trinajstić information content (AvgIpc) is 2.80. The second-order valence-corrected chi connectivity index (χ2v) is 11.7. The van der Waals surface area contributed by atoms with Crippen molar-refractivity contribution in [1.82, 2.24) is 4.90 Å². The van der Waals surface area contributed by atoms with Gasteiger partial charge in [0, 0.05) is 6.54 Å². The van der Waals surface area contributed by atoms with E-state index in [9.17, 15) is 18.3 Å². The van der Waals surface area contributed by atoms with Crippen molar-refractivity contribution in [2.45, 2.75) is 79.2 Å². The highest BCUT2D eigenvalue weighted by Crippen LogP contribution is 2.46. The van der Waals surface area contributed by atoms with Crippen LogP contribution in [-0.4, -0.2) is 48.1 Å². The molecule has 1 aliphatic heterocycles. The molecule has 1 fully saturated rings. The Kier molecular flexibility index (Phi) is 6.40. The molecule has 0 aromatic rings. The van der Waals surface area contributed by atoms with Gasteiger partial charge in [0.15, 0.2) is 0 Å². The van der Waals surface area contributed by atoms with Crippen molar-refractivity contribution < 1.29 is 18.3 Å². The van der Waals surface area contributed by atoms with Crippen LogP contribution in [0, 0.1) is 10.8 Å². The zero-order valence-corrected chi connectivity index (χ0v) is 17.0. The lowest BCUT2D eigenvalue weighted by Gasteiger charge is -2.47. The highest BCUT2D eigenvalue weighted by Gasteiger charge is 2.51. The molecule has 0 radical (unpaired) electrons. The van der Waals surface area contributed by atoms with Crippen LogP contribution in [0.1, 0.15) is 73.6 Å². The zero-order chi connectivity index (χ0) is 18.8. The van der Waals surface area contributed by atoms with Crippen LogP contribution in [0.2, 0.25) is 0 Å². The van der Waals surface area contributed by atoms with Crippen LogP contribution in [0.25, 0.3) is 0 Å². The molecular formula is C18H35NO4S. The van der Waals surface area contributed by atoms with E-state index in [0.29, 0.717) is 25.8 Å². The van der Waals surface area contributed by atoms with Crippen LogP contribution in [0.4, 0.5) is 4.79 Å². The lowest BCUT2D eigenvalue weighted by molar-refractivity contribution is 0.0238. The van der Waals surface area contributed by atoms with Gasteiger partial charge in [0.1, 0.15) is 9.84 Å². The van der Waals surface area contributed by atoms with Gasteiger partial charge in [-0.1, -0.05) is 41.5 Å². The number of rotatable bonds is 6. The summed E-state index contributed by atoms with van der Waals surface area (Å²) in [6.07, 6.45) is 2.55. The Balaban J connectivity index is 2.76. The number of carboxylic acid groups (broad SMARTS) is 1. The second-order valence-electron chi connectivity index (χ2n) is 9.39. The van der Waals surface area contributed by atoms with Crippen molar-refractivity contribution in [3.8, 4) is 0 Å². The van der Waals surface area contributed by atoms with Crippen LogP contribution in [0.5, 0.6) is 0 Å². The molecule has 0 aliphatic carbocycles. The monoisotopic (exact) mass is 361 g/mol. The number of hydrogen-bond donors (Lipinski definition) is 1. The molecule has 142 valence electrons. The molecule has 1 N–H and O–H groups in total. The molecular weight excluding hydrogens is 326 g/mol. The number of sulfone groups is 1. The molecule has 0 spiro atoms. The first-order valence-corrected chi connectivity index (χ1v) is 10.7. The van der Waals surface area contributed by atoms with Gasteiger partial charge in [-0.15, -0.1) is 0 Å². The first-order chi connectivity index (χ1) is 10.7.